The second kappa shape index (κ2) is 8.48. The number of amides is 2. The van der Waals surface area contributed by atoms with E-state index in [1.807, 2.05) is 11.0 Å². The molecule has 5 nitrogen and oxygen atoms in total. The van der Waals surface area contributed by atoms with Gasteiger partial charge >= 0.3 is 0 Å². The second-order valence-electron chi connectivity index (χ2n) is 7.37. The molecule has 136 valence electrons. The molecule has 1 atom stereocenters. The van der Waals surface area contributed by atoms with E-state index in [0.29, 0.717) is 38.5 Å². The number of piperidine rings is 2. The van der Waals surface area contributed by atoms with Crippen LogP contribution in [-0.2, 0) is 16.0 Å². The molecule has 25 heavy (non-hydrogen) atoms. The molecular weight excluding hydrogens is 314 g/mol. The average molecular weight is 343 g/mol. The summed E-state index contributed by atoms with van der Waals surface area (Å²) in [5.74, 6) is -0.0983. The predicted octanol–water partition coefficient (Wildman–Crippen LogP) is 1.81. The largest absolute Gasteiger partial charge is 0.369 e. The fraction of sp³-hybridized carbons (Fsp3) is 0.600. The van der Waals surface area contributed by atoms with E-state index in [-0.39, 0.29) is 17.7 Å². The standard InChI is InChI=1S/C20H29N3O2/c21-20(25)17-9-12-22(13-10-17)19(24)15-23-11-5-4-8-18(23)14-16-6-2-1-3-7-16/h1-3,6-7,17-18H,4-5,8-15H2,(H2,21,25)/t18-/m0/s1. The molecule has 2 N–H and O–H groups in total. The highest BCUT2D eigenvalue weighted by Crippen LogP contribution is 2.22. The highest BCUT2D eigenvalue weighted by atomic mass is 16.2. The van der Waals surface area contributed by atoms with Crippen LogP contribution in [0.3, 0.4) is 0 Å². The molecule has 0 bridgehead atoms. The summed E-state index contributed by atoms with van der Waals surface area (Å²) in [5, 5.41) is 0. The number of carbonyl (C=O) groups is 2. The third-order valence-electron chi connectivity index (χ3n) is 5.65. The number of primary amides is 1. The SMILES string of the molecule is NC(=O)C1CCN(C(=O)CN2CCCC[C@H]2Cc2ccccc2)CC1. The van der Waals surface area contributed by atoms with E-state index >= 15 is 0 Å². The van der Waals surface area contributed by atoms with Crippen molar-refractivity contribution in [1.82, 2.24) is 9.80 Å². The molecule has 0 saturated carbocycles. The van der Waals surface area contributed by atoms with Gasteiger partial charge in [0, 0.05) is 25.0 Å². The minimum atomic E-state index is -0.231. The van der Waals surface area contributed by atoms with Crippen LogP contribution in [-0.4, -0.2) is 53.8 Å². The zero-order valence-electron chi connectivity index (χ0n) is 14.9. The maximum atomic E-state index is 12.7. The summed E-state index contributed by atoms with van der Waals surface area (Å²) in [6.45, 7) is 2.81. The Hall–Kier alpha value is -1.88. The lowest BCUT2D eigenvalue weighted by molar-refractivity contribution is -0.136. The Bertz CT molecular complexity index is 582. The molecule has 3 rings (SSSR count). The Morgan fingerprint density at radius 2 is 1.72 bits per heavy atom. The lowest BCUT2D eigenvalue weighted by Gasteiger charge is -2.38. The average Bonchev–Trinajstić information content (AvgIpc) is 2.64. The Balaban J connectivity index is 1.54. The number of benzene rings is 1. The number of rotatable bonds is 5. The Morgan fingerprint density at radius 1 is 1.00 bits per heavy atom. The van der Waals surface area contributed by atoms with Gasteiger partial charge in [-0.15, -0.1) is 0 Å². The molecule has 2 heterocycles. The first-order valence-electron chi connectivity index (χ1n) is 9.48. The Kier molecular flexibility index (Phi) is 6.08. The number of hydrogen-bond donors (Lipinski definition) is 1. The minimum absolute atomic E-state index is 0.0649. The quantitative estimate of drug-likeness (QED) is 0.887. The number of likely N-dealkylation sites (tertiary alicyclic amines) is 2. The fourth-order valence-corrected chi connectivity index (χ4v) is 4.07. The zero-order valence-corrected chi connectivity index (χ0v) is 14.9. The van der Waals surface area contributed by atoms with Crippen molar-refractivity contribution in [3.63, 3.8) is 0 Å². The van der Waals surface area contributed by atoms with Crippen molar-refractivity contribution >= 4 is 11.8 Å². The Labute approximate surface area is 150 Å². The first-order chi connectivity index (χ1) is 12.1. The normalized spacial score (nSPS) is 22.7. The summed E-state index contributed by atoms with van der Waals surface area (Å²) in [5.41, 5.74) is 6.72. The molecule has 2 amide bonds. The van der Waals surface area contributed by atoms with Crippen LogP contribution in [0.2, 0.25) is 0 Å². The van der Waals surface area contributed by atoms with Gasteiger partial charge in [0.15, 0.2) is 0 Å². The first-order valence-corrected chi connectivity index (χ1v) is 9.48. The predicted molar refractivity (Wildman–Crippen MR) is 97.9 cm³/mol. The van der Waals surface area contributed by atoms with Gasteiger partial charge in [-0.3, -0.25) is 14.5 Å². The second-order valence-corrected chi connectivity index (χ2v) is 7.37. The van der Waals surface area contributed by atoms with Gasteiger partial charge in [-0.25, -0.2) is 0 Å². The number of hydrogen-bond acceptors (Lipinski definition) is 3. The molecule has 2 saturated heterocycles. The van der Waals surface area contributed by atoms with E-state index in [9.17, 15) is 9.59 Å². The highest BCUT2D eigenvalue weighted by molar-refractivity contribution is 5.80. The first kappa shape index (κ1) is 17.9. The summed E-state index contributed by atoms with van der Waals surface area (Å²) in [6.07, 6.45) is 5.99. The van der Waals surface area contributed by atoms with Crippen LogP contribution in [0, 0.1) is 5.92 Å². The van der Waals surface area contributed by atoms with Crippen molar-refractivity contribution in [3.05, 3.63) is 35.9 Å². The molecule has 2 aliphatic heterocycles. The van der Waals surface area contributed by atoms with Crippen LogP contribution in [0.25, 0.3) is 0 Å². The monoisotopic (exact) mass is 343 g/mol. The summed E-state index contributed by atoms with van der Waals surface area (Å²) in [6, 6.07) is 11.0. The number of nitrogens with two attached hydrogens (primary N) is 1. The van der Waals surface area contributed by atoms with E-state index in [2.05, 4.69) is 29.2 Å². The van der Waals surface area contributed by atoms with Gasteiger partial charge in [0.2, 0.25) is 11.8 Å². The summed E-state index contributed by atoms with van der Waals surface area (Å²) >= 11 is 0. The van der Waals surface area contributed by atoms with Crippen molar-refractivity contribution < 1.29 is 9.59 Å². The van der Waals surface area contributed by atoms with Crippen LogP contribution in [0.5, 0.6) is 0 Å². The van der Waals surface area contributed by atoms with Crippen molar-refractivity contribution in [2.75, 3.05) is 26.2 Å². The van der Waals surface area contributed by atoms with Crippen LogP contribution >= 0.6 is 0 Å². The van der Waals surface area contributed by atoms with E-state index in [0.717, 1.165) is 19.4 Å². The van der Waals surface area contributed by atoms with E-state index in [1.165, 1.54) is 18.4 Å². The molecule has 5 heteroatoms. The van der Waals surface area contributed by atoms with Gasteiger partial charge in [-0.1, -0.05) is 36.8 Å². The van der Waals surface area contributed by atoms with Crippen molar-refractivity contribution in [2.45, 2.75) is 44.6 Å². The van der Waals surface area contributed by atoms with Gasteiger partial charge in [-0.2, -0.15) is 0 Å². The number of nitrogens with zero attached hydrogens (tertiary/aromatic N) is 2. The molecule has 0 aliphatic carbocycles. The van der Waals surface area contributed by atoms with Crippen molar-refractivity contribution in [1.29, 1.82) is 0 Å². The van der Waals surface area contributed by atoms with Gasteiger partial charge in [0.1, 0.15) is 0 Å². The lowest BCUT2D eigenvalue weighted by atomic mass is 9.95. The third-order valence-corrected chi connectivity index (χ3v) is 5.65. The van der Waals surface area contributed by atoms with Crippen LogP contribution < -0.4 is 5.73 Å². The molecule has 0 unspecified atom stereocenters. The summed E-state index contributed by atoms with van der Waals surface area (Å²) in [7, 11) is 0. The minimum Gasteiger partial charge on any atom is -0.369 e. The molecule has 2 aliphatic rings. The molecule has 1 aromatic carbocycles. The maximum Gasteiger partial charge on any atom is 0.236 e. The molecule has 0 spiro atoms. The fourth-order valence-electron chi connectivity index (χ4n) is 4.07. The topological polar surface area (TPSA) is 66.6 Å². The van der Waals surface area contributed by atoms with Crippen LogP contribution in [0.4, 0.5) is 0 Å². The zero-order chi connectivity index (χ0) is 17.6. The lowest BCUT2D eigenvalue weighted by Crippen LogP contribution is -2.49. The van der Waals surface area contributed by atoms with E-state index in [1.54, 1.807) is 0 Å². The van der Waals surface area contributed by atoms with Gasteiger partial charge < -0.3 is 10.6 Å². The maximum absolute atomic E-state index is 12.7. The molecule has 0 aromatic heterocycles. The van der Waals surface area contributed by atoms with Gasteiger partial charge in [0.25, 0.3) is 0 Å². The van der Waals surface area contributed by atoms with E-state index < -0.39 is 0 Å². The molecular formula is C20H29N3O2. The summed E-state index contributed by atoms with van der Waals surface area (Å²) in [4.78, 5) is 28.3. The Morgan fingerprint density at radius 3 is 2.40 bits per heavy atom. The molecule has 0 radical (unpaired) electrons. The van der Waals surface area contributed by atoms with E-state index in [4.69, 9.17) is 5.73 Å². The molecule has 1 aromatic rings. The van der Waals surface area contributed by atoms with Crippen molar-refractivity contribution in [3.8, 4) is 0 Å². The van der Waals surface area contributed by atoms with Crippen LogP contribution in [0.1, 0.15) is 37.7 Å². The van der Waals surface area contributed by atoms with Crippen LogP contribution in [0.15, 0.2) is 30.3 Å². The third kappa shape index (κ3) is 4.82. The van der Waals surface area contributed by atoms with Gasteiger partial charge in [0.05, 0.1) is 6.54 Å². The highest BCUT2D eigenvalue weighted by Gasteiger charge is 2.29. The summed E-state index contributed by atoms with van der Waals surface area (Å²) < 4.78 is 0. The molecule has 2 fully saturated rings. The van der Waals surface area contributed by atoms with Gasteiger partial charge in [-0.05, 0) is 44.2 Å². The number of carbonyl (C=O) groups excluding carboxylic acids is 2. The van der Waals surface area contributed by atoms with Crippen molar-refractivity contribution in [2.24, 2.45) is 11.7 Å². The smallest absolute Gasteiger partial charge is 0.236 e.